The van der Waals surface area contributed by atoms with Crippen LogP contribution in [0.5, 0.6) is 0 Å². The molecule has 3 N–H and O–H groups in total. The molecule has 0 aliphatic rings. The molecule has 0 radical (unpaired) electrons. The van der Waals surface area contributed by atoms with Crippen LogP contribution in [0.3, 0.4) is 0 Å². The molecule has 7 nitrogen and oxygen atoms in total. The van der Waals surface area contributed by atoms with Gasteiger partial charge in [-0.3, -0.25) is 0 Å². The van der Waals surface area contributed by atoms with Gasteiger partial charge in [-0.05, 0) is 19.5 Å². The van der Waals surface area contributed by atoms with Crippen molar-refractivity contribution in [3.05, 3.63) is 36.2 Å². The van der Waals surface area contributed by atoms with E-state index in [-0.39, 0.29) is 0 Å². The lowest BCUT2D eigenvalue weighted by Gasteiger charge is -2.04. The van der Waals surface area contributed by atoms with Crippen LogP contribution >= 0.6 is 0 Å². The summed E-state index contributed by atoms with van der Waals surface area (Å²) in [6, 6.07) is 1.69. The Kier molecular flexibility index (Phi) is 5.16. The normalized spacial score (nSPS) is 11.9. The third-order valence-electron chi connectivity index (χ3n) is 3.19. The van der Waals surface area contributed by atoms with Gasteiger partial charge in [0, 0.05) is 50.8 Å². The van der Waals surface area contributed by atoms with Crippen molar-refractivity contribution >= 4 is 10.0 Å². The van der Waals surface area contributed by atoms with E-state index in [4.69, 9.17) is 0 Å². The zero-order valence-corrected chi connectivity index (χ0v) is 13.1. The minimum atomic E-state index is -3.45. The Labute approximate surface area is 124 Å². The molecule has 0 aromatic carbocycles. The van der Waals surface area contributed by atoms with Crippen LogP contribution in [0.4, 0.5) is 0 Å². The van der Waals surface area contributed by atoms with Gasteiger partial charge in [0.05, 0.1) is 4.90 Å². The maximum absolute atomic E-state index is 12.2. The molecule has 0 saturated heterocycles. The first kappa shape index (κ1) is 15.7. The standard InChI is InChI=1S/C13H21N5O2S/c1-14-9-11-8-12(10-18(11)2)21(19,20)17-5-3-4-13-15-6-7-16-13/h6-8,10,14,17H,3-5,9H2,1-2H3,(H,15,16). The highest BCUT2D eigenvalue weighted by molar-refractivity contribution is 7.89. The number of hydrogen-bond acceptors (Lipinski definition) is 4. The Morgan fingerprint density at radius 1 is 1.43 bits per heavy atom. The van der Waals surface area contributed by atoms with Crippen molar-refractivity contribution in [3.63, 3.8) is 0 Å². The van der Waals surface area contributed by atoms with Crippen LogP contribution in [0.1, 0.15) is 17.9 Å². The molecule has 2 aromatic rings. The fourth-order valence-corrected chi connectivity index (χ4v) is 3.23. The molecule has 0 unspecified atom stereocenters. The van der Waals surface area contributed by atoms with E-state index in [0.29, 0.717) is 24.4 Å². The van der Waals surface area contributed by atoms with E-state index in [1.807, 2.05) is 18.7 Å². The minimum Gasteiger partial charge on any atom is -0.352 e. The highest BCUT2D eigenvalue weighted by Crippen LogP contribution is 2.13. The number of nitrogens with zero attached hydrogens (tertiary/aromatic N) is 2. The Morgan fingerprint density at radius 2 is 2.24 bits per heavy atom. The zero-order valence-electron chi connectivity index (χ0n) is 12.3. The third-order valence-corrected chi connectivity index (χ3v) is 4.62. The van der Waals surface area contributed by atoms with Gasteiger partial charge in [0.1, 0.15) is 5.82 Å². The van der Waals surface area contributed by atoms with Gasteiger partial charge < -0.3 is 14.9 Å². The van der Waals surface area contributed by atoms with Crippen LogP contribution in [0.15, 0.2) is 29.6 Å². The first-order chi connectivity index (χ1) is 10.0. The van der Waals surface area contributed by atoms with Crippen molar-refractivity contribution in [2.45, 2.75) is 24.3 Å². The minimum absolute atomic E-state index is 0.299. The van der Waals surface area contributed by atoms with Gasteiger partial charge in [-0.15, -0.1) is 0 Å². The van der Waals surface area contributed by atoms with Gasteiger partial charge in [0.25, 0.3) is 0 Å². The quantitative estimate of drug-likeness (QED) is 0.615. The third kappa shape index (κ3) is 4.16. The topological polar surface area (TPSA) is 91.8 Å². The summed E-state index contributed by atoms with van der Waals surface area (Å²) >= 11 is 0. The average molecular weight is 311 g/mol. The molecule has 0 bridgehead atoms. The van der Waals surface area contributed by atoms with Crippen LogP contribution in [0, 0.1) is 0 Å². The zero-order chi connectivity index (χ0) is 15.3. The smallest absolute Gasteiger partial charge is 0.242 e. The molecule has 0 saturated carbocycles. The molecule has 2 heterocycles. The summed E-state index contributed by atoms with van der Waals surface area (Å²) in [6.07, 6.45) is 6.49. The molecule has 116 valence electrons. The lowest BCUT2D eigenvalue weighted by molar-refractivity contribution is 0.578. The number of sulfonamides is 1. The molecule has 2 aromatic heterocycles. The monoisotopic (exact) mass is 311 g/mol. The maximum atomic E-state index is 12.2. The number of aromatic amines is 1. The Balaban J connectivity index is 1.90. The summed E-state index contributed by atoms with van der Waals surface area (Å²) in [5.41, 5.74) is 0.925. The van der Waals surface area contributed by atoms with Gasteiger partial charge in [-0.2, -0.15) is 0 Å². The second kappa shape index (κ2) is 6.88. The summed E-state index contributed by atoms with van der Waals surface area (Å²) in [5.74, 6) is 0.866. The number of aromatic nitrogens is 3. The molecule has 0 aliphatic heterocycles. The maximum Gasteiger partial charge on any atom is 0.242 e. The second-order valence-electron chi connectivity index (χ2n) is 4.85. The fraction of sp³-hybridized carbons (Fsp3) is 0.462. The first-order valence-electron chi connectivity index (χ1n) is 6.80. The number of rotatable bonds is 8. The lowest BCUT2D eigenvalue weighted by atomic mass is 10.3. The second-order valence-corrected chi connectivity index (χ2v) is 6.61. The van der Waals surface area contributed by atoms with E-state index in [9.17, 15) is 8.42 Å². The summed E-state index contributed by atoms with van der Waals surface area (Å²) in [4.78, 5) is 7.39. The van der Waals surface area contributed by atoms with E-state index < -0.39 is 10.0 Å². The van der Waals surface area contributed by atoms with Crippen LogP contribution < -0.4 is 10.0 Å². The van der Waals surface area contributed by atoms with Gasteiger partial charge in [0.15, 0.2) is 0 Å². The SMILES string of the molecule is CNCc1cc(S(=O)(=O)NCCCc2ncc[nH]2)cn1C. The molecule has 2 rings (SSSR count). The number of hydrogen-bond donors (Lipinski definition) is 3. The molecule has 0 amide bonds. The van der Waals surface area contributed by atoms with Gasteiger partial charge in [-0.1, -0.05) is 0 Å². The highest BCUT2D eigenvalue weighted by Gasteiger charge is 2.16. The van der Waals surface area contributed by atoms with E-state index in [1.165, 1.54) is 0 Å². The van der Waals surface area contributed by atoms with Crippen LogP contribution in [-0.2, 0) is 30.0 Å². The molecule has 21 heavy (non-hydrogen) atoms. The summed E-state index contributed by atoms with van der Waals surface area (Å²) in [7, 11) is 0.213. The van der Waals surface area contributed by atoms with Crippen molar-refractivity contribution < 1.29 is 8.42 Å². The van der Waals surface area contributed by atoms with Gasteiger partial charge in [-0.25, -0.2) is 18.1 Å². The largest absolute Gasteiger partial charge is 0.352 e. The molecular formula is C13H21N5O2S. The molecule has 0 aliphatic carbocycles. The van der Waals surface area contributed by atoms with E-state index in [1.54, 1.807) is 24.7 Å². The predicted molar refractivity (Wildman–Crippen MR) is 80.3 cm³/mol. The van der Waals surface area contributed by atoms with E-state index >= 15 is 0 Å². The van der Waals surface area contributed by atoms with Crippen LogP contribution in [-0.4, -0.2) is 36.5 Å². The van der Waals surface area contributed by atoms with E-state index in [0.717, 1.165) is 17.9 Å². The molecule has 8 heteroatoms. The Hall–Kier alpha value is -1.64. The van der Waals surface area contributed by atoms with Crippen molar-refractivity contribution in [2.24, 2.45) is 7.05 Å². The first-order valence-corrected chi connectivity index (χ1v) is 8.29. The van der Waals surface area contributed by atoms with Crippen LogP contribution in [0.2, 0.25) is 0 Å². The summed E-state index contributed by atoms with van der Waals surface area (Å²) in [6.45, 7) is 1.02. The van der Waals surface area contributed by atoms with Crippen molar-refractivity contribution in [1.29, 1.82) is 0 Å². The fourth-order valence-electron chi connectivity index (χ4n) is 2.06. The molecule has 0 fully saturated rings. The van der Waals surface area contributed by atoms with Gasteiger partial charge in [0.2, 0.25) is 10.0 Å². The van der Waals surface area contributed by atoms with Crippen molar-refractivity contribution in [1.82, 2.24) is 24.6 Å². The Morgan fingerprint density at radius 3 is 2.90 bits per heavy atom. The van der Waals surface area contributed by atoms with Crippen molar-refractivity contribution in [2.75, 3.05) is 13.6 Å². The van der Waals surface area contributed by atoms with Gasteiger partial charge >= 0.3 is 0 Å². The lowest BCUT2D eigenvalue weighted by Crippen LogP contribution is -2.24. The number of aryl methyl sites for hydroxylation is 2. The number of nitrogens with one attached hydrogen (secondary N) is 3. The highest BCUT2D eigenvalue weighted by atomic mass is 32.2. The van der Waals surface area contributed by atoms with Crippen molar-refractivity contribution in [3.8, 4) is 0 Å². The average Bonchev–Trinajstić information content (AvgIpc) is 3.06. The van der Waals surface area contributed by atoms with Crippen LogP contribution in [0.25, 0.3) is 0 Å². The number of imidazole rings is 1. The molecule has 0 atom stereocenters. The molecule has 0 spiro atoms. The Bertz CT molecular complexity index is 661. The van der Waals surface area contributed by atoms with E-state index in [2.05, 4.69) is 20.0 Å². The summed E-state index contributed by atoms with van der Waals surface area (Å²) < 4.78 is 28.8. The number of H-pyrrole nitrogens is 1. The molecular weight excluding hydrogens is 290 g/mol. The predicted octanol–water partition coefficient (Wildman–Crippen LogP) is 0.379. The summed E-state index contributed by atoms with van der Waals surface area (Å²) in [5, 5.41) is 3.01.